The van der Waals surface area contributed by atoms with E-state index in [-0.39, 0.29) is 10.7 Å². The Kier molecular flexibility index (Phi) is 4.27. The van der Waals surface area contributed by atoms with Gasteiger partial charge in [-0.25, -0.2) is 8.78 Å². The van der Waals surface area contributed by atoms with Crippen molar-refractivity contribution in [3.05, 3.63) is 63.1 Å². The van der Waals surface area contributed by atoms with E-state index in [9.17, 15) is 8.78 Å². The molecule has 0 saturated carbocycles. The minimum absolute atomic E-state index is 0.00992. The van der Waals surface area contributed by atoms with Crippen molar-refractivity contribution in [2.24, 2.45) is 0 Å². The summed E-state index contributed by atoms with van der Waals surface area (Å²) in [4.78, 5) is 0. The Morgan fingerprint density at radius 1 is 1.05 bits per heavy atom. The predicted octanol–water partition coefficient (Wildman–Crippen LogP) is 5.19. The molecule has 100 valence electrons. The van der Waals surface area contributed by atoms with Crippen LogP contribution in [0.5, 0.6) is 0 Å². The average Bonchev–Trinajstić information content (AvgIpc) is 2.32. The zero-order valence-corrected chi connectivity index (χ0v) is 11.6. The number of nitrogens with one attached hydrogen (secondary N) is 1. The number of aryl methyl sites for hydroxylation is 1. The molecule has 0 aliphatic carbocycles. The molecule has 0 fully saturated rings. The van der Waals surface area contributed by atoms with Crippen LogP contribution in [-0.4, -0.2) is 0 Å². The Hall–Kier alpha value is -1.32. The Bertz CT molecular complexity index is 591. The molecule has 0 amide bonds. The molecule has 0 saturated heterocycles. The van der Waals surface area contributed by atoms with Gasteiger partial charge in [0.25, 0.3) is 0 Å². The summed E-state index contributed by atoms with van der Waals surface area (Å²) in [6.07, 6.45) is 0. The third kappa shape index (κ3) is 3.37. The molecule has 2 aromatic rings. The Morgan fingerprint density at radius 3 is 2.42 bits per heavy atom. The maximum Gasteiger partial charge on any atom is 0.150 e. The topological polar surface area (TPSA) is 12.0 Å². The number of benzene rings is 2. The maximum absolute atomic E-state index is 13.5. The fraction of sp³-hybridized carbons (Fsp3) is 0.143. The first-order valence-electron chi connectivity index (χ1n) is 5.61. The second-order valence-electron chi connectivity index (χ2n) is 4.18. The summed E-state index contributed by atoms with van der Waals surface area (Å²) < 4.78 is 26.4. The number of hydrogen-bond acceptors (Lipinski definition) is 1. The minimum Gasteiger partial charge on any atom is -0.377 e. The van der Waals surface area contributed by atoms with Crippen molar-refractivity contribution in [3.8, 4) is 0 Å². The zero-order valence-electron chi connectivity index (χ0n) is 10.1. The molecule has 19 heavy (non-hydrogen) atoms. The van der Waals surface area contributed by atoms with Crippen molar-refractivity contribution in [3.63, 3.8) is 0 Å². The van der Waals surface area contributed by atoms with Gasteiger partial charge < -0.3 is 5.32 Å². The molecule has 2 rings (SSSR count). The lowest BCUT2D eigenvalue weighted by Gasteiger charge is -2.10. The summed E-state index contributed by atoms with van der Waals surface area (Å²) in [5, 5.41) is 3.49. The quantitative estimate of drug-likeness (QED) is 0.822. The van der Waals surface area contributed by atoms with E-state index in [1.165, 1.54) is 0 Å². The molecule has 0 aliphatic heterocycles. The fourth-order valence-corrected chi connectivity index (χ4v) is 2.11. The summed E-state index contributed by atoms with van der Waals surface area (Å²) in [5.74, 6) is -1.42. The van der Waals surface area contributed by atoms with E-state index in [2.05, 4.69) is 5.32 Å². The van der Waals surface area contributed by atoms with Gasteiger partial charge in [-0.2, -0.15) is 0 Å². The van der Waals surface area contributed by atoms with Gasteiger partial charge in [-0.05, 0) is 30.2 Å². The highest BCUT2D eigenvalue weighted by Gasteiger charge is 2.09. The molecule has 0 heterocycles. The molecule has 1 N–H and O–H groups in total. The molecule has 0 spiro atoms. The lowest BCUT2D eigenvalue weighted by atomic mass is 10.1. The van der Waals surface area contributed by atoms with Crippen LogP contribution in [0.3, 0.4) is 0 Å². The summed E-state index contributed by atoms with van der Waals surface area (Å²) in [6, 6.07) is 7.40. The van der Waals surface area contributed by atoms with E-state index in [0.717, 1.165) is 23.3 Å². The largest absolute Gasteiger partial charge is 0.377 e. The zero-order chi connectivity index (χ0) is 14.0. The van der Waals surface area contributed by atoms with Crippen molar-refractivity contribution < 1.29 is 8.78 Å². The van der Waals surface area contributed by atoms with Gasteiger partial charge in [-0.3, -0.25) is 0 Å². The molecule has 0 aromatic heterocycles. The third-order valence-electron chi connectivity index (χ3n) is 2.71. The van der Waals surface area contributed by atoms with Gasteiger partial charge in [0.1, 0.15) is 5.82 Å². The van der Waals surface area contributed by atoms with Crippen LogP contribution < -0.4 is 5.32 Å². The molecule has 0 aliphatic rings. The lowest BCUT2D eigenvalue weighted by Crippen LogP contribution is -2.03. The summed E-state index contributed by atoms with van der Waals surface area (Å²) >= 11 is 11.8. The second-order valence-corrected chi connectivity index (χ2v) is 5.00. The van der Waals surface area contributed by atoms with Crippen LogP contribution in [0.4, 0.5) is 14.5 Å². The van der Waals surface area contributed by atoms with Crippen molar-refractivity contribution in [2.75, 3.05) is 5.32 Å². The van der Waals surface area contributed by atoms with Crippen LogP contribution in [0, 0.1) is 18.6 Å². The summed E-state index contributed by atoms with van der Waals surface area (Å²) in [5.41, 5.74) is 1.94. The average molecular weight is 302 g/mol. The van der Waals surface area contributed by atoms with Gasteiger partial charge in [0.2, 0.25) is 0 Å². The molecular weight excluding hydrogens is 291 g/mol. The van der Waals surface area contributed by atoms with E-state index in [0.29, 0.717) is 11.6 Å². The molecular formula is C14H11Cl2F2N. The van der Waals surface area contributed by atoms with Gasteiger partial charge in [0, 0.05) is 17.6 Å². The van der Waals surface area contributed by atoms with E-state index in [1.54, 1.807) is 6.07 Å². The van der Waals surface area contributed by atoms with Gasteiger partial charge >= 0.3 is 0 Å². The number of rotatable bonds is 3. The van der Waals surface area contributed by atoms with Crippen molar-refractivity contribution >= 4 is 28.9 Å². The minimum atomic E-state index is -0.719. The van der Waals surface area contributed by atoms with Crippen LogP contribution in [0.2, 0.25) is 10.0 Å². The van der Waals surface area contributed by atoms with Gasteiger partial charge in [0.05, 0.1) is 10.7 Å². The first-order chi connectivity index (χ1) is 8.97. The molecule has 0 unspecified atom stereocenters. The van der Waals surface area contributed by atoms with Crippen molar-refractivity contribution in [2.45, 2.75) is 13.5 Å². The van der Waals surface area contributed by atoms with Gasteiger partial charge in [0.15, 0.2) is 5.82 Å². The number of halogens is 4. The molecule has 1 nitrogen and oxygen atoms in total. The monoisotopic (exact) mass is 301 g/mol. The Labute approximate surface area is 120 Å². The standard InChI is InChI=1S/C14H11Cl2F2N/c1-8-2-3-9(4-11(8)15)7-19-14-12(16)5-10(17)6-13(14)18/h2-6,19H,7H2,1H3. The van der Waals surface area contributed by atoms with Gasteiger partial charge in [-0.1, -0.05) is 35.3 Å². The van der Waals surface area contributed by atoms with E-state index in [1.807, 2.05) is 19.1 Å². The van der Waals surface area contributed by atoms with Crippen LogP contribution in [0.1, 0.15) is 11.1 Å². The predicted molar refractivity (Wildman–Crippen MR) is 74.9 cm³/mol. The van der Waals surface area contributed by atoms with E-state index < -0.39 is 11.6 Å². The van der Waals surface area contributed by atoms with E-state index >= 15 is 0 Å². The van der Waals surface area contributed by atoms with Crippen molar-refractivity contribution in [1.82, 2.24) is 0 Å². The number of hydrogen-bond donors (Lipinski definition) is 1. The third-order valence-corrected chi connectivity index (χ3v) is 3.42. The van der Waals surface area contributed by atoms with Crippen LogP contribution in [0.15, 0.2) is 30.3 Å². The summed E-state index contributed by atoms with van der Waals surface area (Å²) in [6.45, 7) is 2.25. The van der Waals surface area contributed by atoms with Gasteiger partial charge in [-0.15, -0.1) is 0 Å². The van der Waals surface area contributed by atoms with Crippen LogP contribution in [0.25, 0.3) is 0 Å². The molecule has 0 bridgehead atoms. The first kappa shape index (κ1) is 14.1. The molecule has 5 heteroatoms. The normalized spacial score (nSPS) is 10.6. The first-order valence-corrected chi connectivity index (χ1v) is 6.36. The fourth-order valence-electron chi connectivity index (χ4n) is 1.65. The Morgan fingerprint density at radius 2 is 1.79 bits per heavy atom. The molecule has 0 atom stereocenters. The summed E-state index contributed by atoms with van der Waals surface area (Å²) in [7, 11) is 0. The lowest BCUT2D eigenvalue weighted by molar-refractivity contribution is 0.585. The maximum atomic E-state index is 13.5. The number of anilines is 1. The van der Waals surface area contributed by atoms with Crippen LogP contribution >= 0.6 is 23.2 Å². The Balaban J connectivity index is 2.16. The second kappa shape index (κ2) is 5.76. The van der Waals surface area contributed by atoms with Crippen LogP contribution in [-0.2, 0) is 6.54 Å². The highest BCUT2D eigenvalue weighted by molar-refractivity contribution is 6.33. The highest BCUT2D eigenvalue weighted by Crippen LogP contribution is 2.27. The SMILES string of the molecule is Cc1ccc(CNc2c(F)cc(F)cc2Cl)cc1Cl. The highest BCUT2D eigenvalue weighted by atomic mass is 35.5. The molecule has 2 aromatic carbocycles. The van der Waals surface area contributed by atoms with E-state index in [4.69, 9.17) is 23.2 Å². The van der Waals surface area contributed by atoms with Crippen molar-refractivity contribution in [1.29, 1.82) is 0 Å². The molecule has 0 radical (unpaired) electrons. The smallest absolute Gasteiger partial charge is 0.150 e.